The third-order valence-electron chi connectivity index (χ3n) is 7.06. The van der Waals surface area contributed by atoms with Gasteiger partial charge in [0.15, 0.2) is 0 Å². The molecule has 5 rings (SSSR count). The van der Waals surface area contributed by atoms with Crippen LogP contribution in [0.15, 0.2) is 68.2 Å². The van der Waals surface area contributed by atoms with Gasteiger partial charge in [0.2, 0.25) is 0 Å². The smallest absolute Gasteiger partial charge is 0.334 e. The Morgan fingerprint density at radius 1 is 0.909 bits per heavy atom. The van der Waals surface area contributed by atoms with E-state index in [-0.39, 0.29) is 24.0 Å². The molecule has 1 aliphatic heterocycles. The minimum atomic E-state index is -0.0645. The average molecular weight is 571 g/mol. The average Bonchev–Trinajstić information content (AvgIpc) is 3.23. The molecule has 0 aromatic heterocycles. The van der Waals surface area contributed by atoms with Crippen molar-refractivity contribution in [3.63, 3.8) is 0 Å². The first kappa shape index (κ1) is 22.9. The van der Waals surface area contributed by atoms with Gasteiger partial charge in [-0.1, -0.05) is 75.4 Å². The fourth-order valence-electron chi connectivity index (χ4n) is 5.41. The SMILES string of the molecule is O=C(NC1CCCCC1)N1N=C2/C(=C\c3ccc(Br)cc3)CCC[C@H]2[C@H]1c1ccc(Br)cc1. The van der Waals surface area contributed by atoms with Crippen LogP contribution in [0.4, 0.5) is 4.79 Å². The second-order valence-corrected chi connectivity index (χ2v) is 11.2. The number of nitrogens with one attached hydrogen (secondary N) is 1. The fraction of sp³-hybridized carbons (Fsp3) is 0.407. The van der Waals surface area contributed by atoms with Crippen LogP contribution in [0.3, 0.4) is 0 Å². The molecule has 33 heavy (non-hydrogen) atoms. The number of benzene rings is 2. The second-order valence-electron chi connectivity index (χ2n) is 9.33. The molecule has 0 saturated heterocycles. The van der Waals surface area contributed by atoms with E-state index in [0.717, 1.165) is 52.3 Å². The zero-order valence-electron chi connectivity index (χ0n) is 18.6. The van der Waals surface area contributed by atoms with Crippen molar-refractivity contribution in [1.82, 2.24) is 10.3 Å². The highest BCUT2D eigenvalue weighted by molar-refractivity contribution is 9.10. The van der Waals surface area contributed by atoms with E-state index < -0.39 is 0 Å². The van der Waals surface area contributed by atoms with E-state index in [9.17, 15) is 4.79 Å². The monoisotopic (exact) mass is 569 g/mol. The predicted molar refractivity (Wildman–Crippen MR) is 141 cm³/mol. The molecule has 0 radical (unpaired) electrons. The highest BCUT2D eigenvalue weighted by Gasteiger charge is 2.44. The number of carbonyl (C=O) groups is 1. The molecule has 4 nitrogen and oxygen atoms in total. The maximum atomic E-state index is 13.5. The lowest BCUT2D eigenvalue weighted by molar-refractivity contribution is 0.167. The molecule has 2 atom stereocenters. The number of rotatable bonds is 3. The largest absolute Gasteiger partial charge is 0.338 e. The van der Waals surface area contributed by atoms with Gasteiger partial charge >= 0.3 is 6.03 Å². The number of fused-ring (bicyclic) bond motifs is 1. The molecular formula is C27H29Br2N3O. The quantitative estimate of drug-likeness (QED) is 0.401. The first-order chi connectivity index (χ1) is 16.1. The van der Waals surface area contributed by atoms with Gasteiger partial charge in [0.1, 0.15) is 0 Å². The third kappa shape index (κ3) is 5.12. The zero-order valence-corrected chi connectivity index (χ0v) is 21.8. The molecule has 172 valence electrons. The van der Waals surface area contributed by atoms with E-state index >= 15 is 0 Å². The van der Waals surface area contributed by atoms with Crippen LogP contribution in [0, 0.1) is 5.92 Å². The van der Waals surface area contributed by atoms with Crippen molar-refractivity contribution < 1.29 is 4.79 Å². The van der Waals surface area contributed by atoms with Crippen molar-refractivity contribution in [2.45, 2.75) is 63.5 Å². The summed E-state index contributed by atoms with van der Waals surface area (Å²) in [6, 6.07) is 16.9. The number of halogens is 2. The van der Waals surface area contributed by atoms with E-state index in [1.54, 1.807) is 5.01 Å². The van der Waals surface area contributed by atoms with Gasteiger partial charge in [-0.25, -0.2) is 9.80 Å². The molecule has 1 heterocycles. The van der Waals surface area contributed by atoms with E-state index in [1.807, 2.05) is 0 Å². The lowest BCUT2D eigenvalue weighted by Crippen LogP contribution is -2.44. The lowest BCUT2D eigenvalue weighted by Gasteiger charge is -2.31. The molecule has 6 heteroatoms. The van der Waals surface area contributed by atoms with Crippen LogP contribution in [0.1, 0.15) is 68.5 Å². The summed E-state index contributed by atoms with van der Waals surface area (Å²) in [5.74, 6) is 0.221. The predicted octanol–water partition coefficient (Wildman–Crippen LogP) is 7.85. The number of hydrazone groups is 1. The molecule has 0 spiro atoms. The van der Waals surface area contributed by atoms with Gasteiger partial charge in [0.05, 0.1) is 11.8 Å². The number of hydrogen-bond acceptors (Lipinski definition) is 2. The summed E-state index contributed by atoms with van der Waals surface area (Å²) in [7, 11) is 0. The molecule has 2 aromatic carbocycles. The van der Waals surface area contributed by atoms with E-state index in [0.29, 0.717) is 0 Å². The first-order valence-electron chi connectivity index (χ1n) is 12.0. The number of nitrogens with zero attached hydrogens (tertiary/aromatic N) is 2. The third-order valence-corrected chi connectivity index (χ3v) is 8.12. The molecule has 1 N–H and O–H groups in total. The Morgan fingerprint density at radius 2 is 1.58 bits per heavy atom. The van der Waals surface area contributed by atoms with Gasteiger partial charge in [0, 0.05) is 20.9 Å². The van der Waals surface area contributed by atoms with Crippen LogP contribution < -0.4 is 5.32 Å². The van der Waals surface area contributed by atoms with E-state index in [2.05, 4.69) is 91.8 Å². The topological polar surface area (TPSA) is 44.7 Å². The van der Waals surface area contributed by atoms with Crippen LogP contribution in [-0.4, -0.2) is 22.8 Å². The van der Waals surface area contributed by atoms with Crippen LogP contribution in [0.5, 0.6) is 0 Å². The number of allylic oxidation sites excluding steroid dienone is 1. The van der Waals surface area contributed by atoms with Crippen molar-refractivity contribution in [2.75, 3.05) is 0 Å². The van der Waals surface area contributed by atoms with Crippen molar-refractivity contribution in [2.24, 2.45) is 11.0 Å². The number of carbonyl (C=O) groups excluding carboxylic acids is 1. The minimum Gasteiger partial charge on any atom is -0.334 e. The first-order valence-corrected chi connectivity index (χ1v) is 13.6. The number of amides is 2. The van der Waals surface area contributed by atoms with Gasteiger partial charge in [-0.15, -0.1) is 0 Å². The van der Waals surface area contributed by atoms with Gasteiger partial charge in [-0.3, -0.25) is 0 Å². The van der Waals surface area contributed by atoms with Crippen molar-refractivity contribution in [3.8, 4) is 0 Å². The van der Waals surface area contributed by atoms with Crippen molar-refractivity contribution >= 4 is 49.7 Å². The van der Waals surface area contributed by atoms with E-state index in [4.69, 9.17) is 5.10 Å². The van der Waals surface area contributed by atoms with Gasteiger partial charge in [0.25, 0.3) is 0 Å². The molecular weight excluding hydrogens is 542 g/mol. The van der Waals surface area contributed by atoms with E-state index in [1.165, 1.54) is 30.4 Å². The van der Waals surface area contributed by atoms with Crippen LogP contribution >= 0.6 is 31.9 Å². The highest BCUT2D eigenvalue weighted by Crippen LogP contribution is 2.44. The Kier molecular flexibility index (Phi) is 7.02. The molecule has 3 aliphatic rings. The Hall–Kier alpha value is -1.92. The van der Waals surface area contributed by atoms with Crippen LogP contribution in [-0.2, 0) is 0 Å². The Labute approximate surface area is 212 Å². The highest BCUT2D eigenvalue weighted by atomic mass is 79.9. The van der Waals surface area contributed by atoms with Crippen molar-refractivity contribution in [1.29, 1.82) is 0 Å². The molecule has 0 unspecified atom stereocenters. The summed E-state index contributed by atoms with van der Waals surface area (Å²) in [5.41, 5.74) is 4.65. The Morgan fingerprint density at radius 3 is 2.27 bits per heavy atom. The Bertz CT molecular complexity index is 1060. The molecule has 0 bridgehead atoms. The molecule has 2 aliphatic carbocycles. The summed E-state index contributed by atoms with van der Waals surface area (Å²) in [6.07, 6.45) is 11.2. The minimum absolute atomic E-state index is 0.0558. The van der Waals surface area contributed by atoms with Gasteiger partial charge in [-0.2, -0.15) is 5.10 Å². The fourth-order valence-corrected chi connectivity index (χ4v) is 5.94. The summed E-state index contributed by atoms with van der Waals surface area (Å²) >= 11 is 7.07. The van der Waals surface area contributed by atoms with Crippen molar-refractivity contribution in [3.05, 3.63) is 74.2 Å². The standard InChI is InChI=1S/C27H29Br2N3O/c28-21-13-9-18(10-14-21)17-20-5-4-8-24-25(20)31-32(26(24)19-11-15-22(29)16-12-19)27(33)30-23-6-2-1-3-7-23/h9-17,23-24,26H,1-8H2,(H,30,33)/b20-17-/t24-,26-/m1/s1. The summed E-state index contributed by atoms with van der Waals surface area (Å²) < 4.78 is 2.12. The normalized spacial score (nSPS) is 24.5. The molecule has 2 aromatic rings. The molecule has 2 fully saturated rings. The summed E-state index contributed by atoms with van der Waals surface area (Å²) in [4.78, 5) is 13.5. The van der Waals surface area contributed by atoms with Crippen LogP contribution in [0.25, 0.3) is 6.08 Å². The maximum absolute atomic E-state index is 13.5. The second kappa shape index (κ2) is 10.1. The van der Waals surface area contributed by atoms with Gasteiger partial charge in [-0.05, 0) is 79.1 Å². The summed E-state index contributed by atoms with van der Waals surface area (Å²) in [5, 5.41) is 10.0. The maximum Gasteiger partial charge on any atom is 0.338 e. The lowest BCUT2D eigenvalue weighted by atomic mass is 9.77. The molecule has 2 saturated carbocycles. The Balaban J connectivity index is 1.48. The zero-order chi connectivity index (χ0) is 22.8. The number of urea groups is 1. The van der Waals surface area contributed by atoms with Crippen LogP contribution in [0.2, 0.25) is 0 Å². The molecule has 2 amide bonds. The summed E-state index contributed by atoms with van der Waals surface area (Å²) in [6.45, 7) is 0. The van der Waals surface area contributed by atoms with Gasteiger partial charge < -0.3 is 5.32 Å². The number of hydrogen-bond donors (Lipinski definition) is 1.